The van der Waals surface area contributed by atoms with E-state index in [-0.39, 0.29) is 5.96 Å². The predicted molar refractivity (Wildman–Crippen MR) is 73.6 cm³/mol. The molecule has 0 aliphatic carbocycles. The Morgan fingerprint density at radius 3 is 2.75 bits per heavy atom. The summed E-state index contributed by atoms with van der Waals surface area (Å²) in [5.74, 6) is -0.648. The molecule has 2 N–H and O–H groups in total. The lowest BCUT2D eigenvalue weighted by Crippen LogP contribution is -2.41. The minimum atomic E-state index is -0.454. The Hall–Kier alpha value is -2.67. The first-order valence-corrected chi connectivity index (χ1v) is 5.78. The van der Waals surface area contributed by atoms with Crippen molar-refractivity contribution in [1.29, 1.82) is 0 Å². The number of para-hydroxylation sites is 1. The molecule has 0 saturated heterocycles. The van der Waals surface area contributed by atoms with Crippen LogP contribution < -0.4 is 5.73 Å². The first kappa shape index (κ1) is 13.8. The fourth-order valence-corrected chi connectivity index (χ4v) is 1.80. The fraction of sp³-hybridized carbons (Fsp3) is 0.154. The summed E-state index contributed by atoms with van der Waals surface area (Å²) < 4.78 is 0. The SMILES string of the molecule is CON=C(N)N(OC)C(=O)c1ccnc2ccccc12. The number of pyridine rings is 1. The number of hydrogen-bond donors (Lipinski definition) is 1. The van der Waals surface area contributed by atoms with E-state index in [0.29, 0.717) is 16.5 Å². The molecule has 0 saturated carbocycles. The van der Waals surface area contributed by atoms with Crippen LogP contribution in [0.3, 0.4) is 0 Å². The van der Waals surface area contributed by atoms with Crippen LogP contribution in [0.2, 0.25) is 0 Å². The maximum Gasteiger partial charge on any atom is 0.285 e. The van der Waals surface area contributed by atoms with Crippen molar-refractivity contribution in [1.82, 2.24) is 10.0 Å². The number of aromatic nitrogens is 1. The number of carbonyl (C=O) groups is 1. The molecule has 0 aliphatic rings. The van der Waals surface area contributed by atoms with Gasteiger partial charge in [0, 0.05) is 11.6 Å². The van der Waals surface area contributed by atoms with Crippen molar-refractivity contribution in [3.8, 4) is 0 Å². The summed E-state index contributed by atoms with van der Waals surface area (Å²) in [6.45, 7) is 0. The number of rotatable bonds is 3. The van der Waals surface area contributed by atoms with E-state index in [9.17, 15) is 4.79 Å². The highest BCUT2D eigenvalue weighted by atomic mass is 16.7. The first-order chi connectivity index (χ1) is 9.69. The lowest BCUT2D eigenvalue weighted by atomic mass is 10.1. The second-order valence-electron chi connectivity index (χ2n) is 3.79. The third-order valence-electron chi connectivity index (χ3n) is 2.64. The Balaban J connectivity index is 2.47. The zero-order valence-electron chi connectivity index (χ0n) is 11.1. The van der Waals surface area contributed by atoms with E-state index in [0.717, 1.165) is 5.06 Å². The van der Waals surface area contributed by atoms with Crippen LogP contribution in [0.15, 0.2) is 41.7 Å². The van der Waals surface area contributed by atoms with Gasteiger partial charge < -0.3 is 10.6 Å². The van der Waals surface area contributed by atoms with Crippen LogP contribution in [0.1, 0.15) is 10.4 Å². The Morgan fingerprint density at radius 2 is 2.05 bits per heavy atom. The van der Waals surface area contributed by atoms with Gasteiger partial charge in [-0.05, 0) is 17.3 Å². The van der Waals surface area contributed by atoms with Crippen molar-refractivity contribution in [3.05, 3.63) is 42.1 Å². The van der Waals surface area contributed by atoms with Crippen LogP contribution in [0, 0.1) is 0 Å². The summed E-state index contributed by atoms with van der Waals surface area (Å²) in [6.07, 6.45) is 1.55. The minimum absolute atomic E-state index is 0.194. The van der Waals surface area contributed by atoms with Crippen molar-refractivity contribution < 1.29 is 14.5 Å². The van der Waals surface area contributed by atoms with Crippen molar-refractivity contribution in [2.75, 3.05) is 14.2 Å². The molecular weight excluding hydrogens is 260 g/mol. The first-order valence-electron chi connectivity index (χ1n) is 5.78. The van der Waals surface area contributed by atoms with E-state index < -0.39 is 5.91 Å². The highest BCUT2D eigenvalue weighted by molar-refractivity contribution is 6.11. The third kappa shape index (κ3) is 2.52. The molecule has 0 atom stereocenters. The van der Waals surface area contributed by atoms with E-state index in [1.54, 1.807) is 18.3 Å². The number of hydrogen-bond acceptors (Lipinski definition) is 5. The molecule has 7 heteroatoms. The largest absolute Gasteiger partial charge is 0.396 e. The molecule has 1 heterocycles. The molecule has 2 rings (SSSR count). The van der Waals surface area contributed by atoms with Crippen molar-refractivity contribution >= 4 is 22.8 Å². The van der Waals surface area contributed by atoms with Crippen molar-refractivity contribution in [2.24, 2.45) is 10.9 Å². The van der Waals surface area contributed by atoms with Gasteiger partial charge in [-0.2, -0.15) is 0 Å². The van der Waals surface area contributed by atoms with Gasteiger partial charge in [-0.25, -0.2) is 0 Å². The minimum Gasteiger partial charge on any atom is -0.396 e. The quantitative estimate of drug-likeness (QED) is 0.514. The number of fused-ring (bicyclic) bond motifs is 1. The molecule has 0 aliphatic heterocycles. The molecule has 7 nitrogen and oxygen atoms in total. The number of benzene rings is 1. The van der Waals surface area contributed by atoms with E-state index in [1.807, 2.05) is 18.2 Å². The van der Waals surface area contributed by atoms with E-state index in [1.165, 1.54) is 14.2 Å². The Kier molecular flexibility index (Phi) is 4.11. The maximum atomic E-state index is 12.5. The lowest BCUT2D eigenvalue weighted by molar-refractivity contribution is -0.0440. The van der Waals surface area contributed by atoms with E-state index in [4.69, 9.17) is 10.6 Å². The van der Waals surface area contributed by atoms with Gasteiger partial charge in [0.05, 0.1) is 18.2 Å². The summed E-state index contributed by atoms with van der Waals surface area (Å²) in [6, 6.07) is 8.88. The number of nitrogens with zero attached hydrogens (tertiary/aromatic N) is 3. The van der Waals surface area contributed by atoms with Gasteiger partial charge in [-0.1, -0.05) is 18.2 Å². The Morgan fingerprint density at radius 1 is 1.30 bits per heavy atom. The van der Waals surface area contributed by atoms with E-state index in [2.05, 4.69) is 15.0 Å². The van der Waals surface area contributed by atoms with Gasteiger partial charge in [-0.3, -0.25) is 14.6 Å². The van der Waals surface area contributed by atoms with Gasteiger partial charge in [0.15, 0.2) is 0 Å². The average molecular weight is 274 g/mol. The monoisotopic (exact) mass is 274 g/mol. The third-order valence-corrected chi connectivity index (χ3v) is 2.64. The predicted octanol–water partition coefficient (Wildman–Crippen LogP) is 1.11. The molecule has 1 amide bonds. The summed E-state index contributed by atoms with van der Waals surface area (Å²) in [5, 5.41) is 5.03. The molecule has 0 bridgehead atoms. The number of guanidine groups is 1. The lowest BCUT2D eigenvalue weighted by Gasteiger charge is -2.18. The number of oxime groups is 1. The molecule has 0 spiro atoms. The molecule has 20 heavy (non-hydrogen) atoms. The Labute approximate surface area is 115 Å². The number of nitrogens with two attached hydrogens (primary N) is 1. The topological polar surface area (TPSA) is 90.0 Å². The molecule has 2 aromatic rings. The highest BCUT2D eigenvalue weighted by Gasteiger charge is 2.22. The van der Waals surface area contributed by atoms with Crippen LogP contribution in [0.5, 0.6) is 0 Å². The average Bonchev–Trinajstić information content (AvgIpc) is 2.47. The number of carbonyl (C=O) groups excluding carboxylic acids is 1. The number of hydroxylamine groups is 2. The van der Waals surface area contributed by atoms with Crippen LogP contribution >= 0.6 is 0 Å². The van der Waals surface area contributed by atoms with Crippen LogP contribution in [0.4, 0.5) is 0 Å². The van der Waals surface area contributed by atoms with Crippen molar-refractivity contribution in [2.45, 2.75) is 0 Å². The molecule has 0 unspecified atom stereocenters. The molecule has 0 fully saturated rings. The van der Waals surface area contributed by atoms with Crippen LogP contribution in [0.25, 0.3) is 10.9 Å². The van der Waals surface area contributed by atoms with Gasteiger partial charge in [-0.15, -0.1) is 5.06 Å². The van der Waals surface area contributed by atoms with Crippen molar-refractivity contribution in [3.63, 3.8) is 0 Å². The maximum absolute atomic E-state index is 12.5. The van der Waals surface area contributed by atoms with Gasteiger partial charge in [0.2, 0.25) is 0 Å². The number of amides is 1. The van der Waals surface area contributed by atoms with Gasteiger partial charge in [0.1, 0.15) is 7.11 Å². The standard InChI is InChI=1S/C13H14N4O3/c1-19-16-13(14)17(20-2)12(18)10-7-8-15-11-6-4-3-5-9(10)11/h3-8H,1-2H3,(H2,14,16). The summed E-state index contributed by atoms with van der Waals surface area (Å²) in [5.41, 5.74) is 6.72. The van der Waals surface area contributed by atoms with Gasteiger partial charge in [0.25, 0.3) is 11.9 Å². The molecule has 0 radical (unpaired) electrons. The van der Waals surface area contributed by atoms with Crippen LogP contribution in [-0.2, 0) is 9.68 Å². The zero-order valence-corrected chi connectivity index (χ0v) is 11.1. The molecule has 1 aromatic carbocycles. The van der Waals surface area contributed by atoms with E-state index >= 15 is 0 Å². The van der Waals surface area contributed by atoms with Crippen LogP contribution in [-0.4, -0.2) is 36.1 Å². The summed E-state index contributed by atoms with van der Waals surface area (Å²) in [4.78, 5) is 26.1. The molecular formula is C13H14N4O3. The second-order valence-corrected chi connectivity index (χ2v) is 3.79. The fourth-order valence-electron chi connectivity index (χ4n) is 1.80. The normalized spacial score (nSPS) is 11.4. The molecule has 104 valence electrons. The summed E-state index contributed by atoms with van der Waals surface area (Å²) >= 11 is 0. The Bertz CT molecular complexity index is 652. The van der Waals surface area contributed by atoms with Gasteiger partial charge >= 0.3 is 0 Å². The smallest absolute Gasteiger partial charge is 0.285 e. The zero-order chi connectivity index (χ0) is 14.5. The summed E-state index contributed by atoms with van der Waals surface area (Å²) in [7, 11) is 2.65. The molecule has 1 aromatic heterocycles. The second kappa shape index (κ2) is 5.98. The highest BCUT2D eigenvalue weighted by Crippen LogP contribution is 2.18.